The number of nitrogens with zero attached hydrogens (tertiary/aromatic N) is 2. The van der Waals surface area contributed by atoms with Crippen LogP contribution in [0, 0.1) is 0 Å². The maximum atomic E-state index is 6.06. The van der Waals surface area contributed by atoms with Crippen LogP contribution in [0.4, 0.5) is 5.69 Å². The molecule has 1 aliphatic rings. The van der Waals surface area contributed by atoms with Crippen LogP contribution in [-0.2, 0) is 4.74 Å². The molecule has 1 saturated heterocycles. The second kappa shape index (κ2) is 7.48. The Morgan fingerprint density at radius 3 is 2.48 bits per heavy atom. The van der Waals surface area contributed by atoms with Gasteiger partial charge in [-0.2, -0.15) is 0 Å². The molecule has 0 spiro atoms. The second-order valence-corrected chi connectivity index (χ2v) is 7.06. The smallest absolute Gasteiger partial charge is 0.0598 e. The van der Waals surface area contributed by atoms with Crippen molar-refractivity contribution in [1.29, 1.82) is 0 Å². The van der Waals surface area contributed by atoms with Gasteiger partial charge in [0.2, 0.25) is 0 Å². The summed E-state index contributed by atoms with van der Waals surface area (Å²) in [7, 11) is 0. The van der Waals surface area contributed by atoms with Crippen molar-refractivity contribution < 1.29 is 4.74 Å². The number of halogens is 1. The standard InChI is InChI=1S/C17H27ClN2O/c1-17(2,3)21-13-5-8-19-9-11-20(12-10-19)16-7-4-6-15(18)14-16/h4,6-7,14H,5,8-13H2,1-3H3. The monoisotopic (exact) mass is 310 g/mol. The van der Waals surface area contributed by atoms with E-state index in [0.717, 1.165) is 50.8 Å². The maximum absolute atomic E-state index is 6.06. The van der Waals surface area contributed by atoms with E-state index in [1.807, 2.05) is 18.2 Å². The highest BCUT2D eigenvalue weighted by atomic mass is 35.5. The third-order valence-electron chi connectivity index (χ3n) is 3.70. The van der Waals surface area contributed by atoms with Crippen molar-refractivity contribution >= 4 is 17.3 Å². The summed E-state index contributed by atoms with van der Waals surface area (Å²) in [5.74, 6) is 0. The van der Waals surface area contributed by atoms with Gasteiger partial charge in [-0.05, 0) is 45.4 Å². The number of piperazine rings is 1. The number of hydrogen-bond acceptors (Lipinski definition) is 3. The van der Waals surface area contributed by atoms with Crippen LogP contribution >= 0.6 is 11.6 Å². The molecule has 0 unspecified atom stereocenters. The lowest BCUT2D eigenvalue weighted by molar-refractivity contribution is -0.00703. The van der Waals surface area contributed by atoms with Crippen LogP contribution < -0.4 is 4.90 Å². The molecule has 0 saturated carbocycles. The molecule has 0 atom stereocenters. The molecule has 4 heteroatoms. The van der Waals surface area contributed by atoms with Crippen LogP contribution in [0.3, 0.4) is 0 Å². The van der Waals surface area contributed by atoms with Crippen LogP contribution in [0.5, 0.6) is 0 Å². The van der Waals surface area contributed by atoms with Crippen molar-refractivity contribution in [1.82, 2.24) is 4.90 Å². The zero-order valence-electron chi connectivity index (χ0n) is 13.4. The second-order valence-electron chi connectivity index (χ2n) is 6.62. The van der Waals surface area contributed by atoms with Crippen molar-refractivity contribution in [2.75, 3.05) is 44.2 Å². The fourth-order valence-electron chi connectivity index (χ4n) is 2.57. The van der Waals surface area contributed by atoms with Crippen LogP contribution in [0.2, 0.25) is 5.02 Å². The molecular weight excluding hydrogens is 284 g/mol. The van der Waals surface area contributed by atoms with Gasteiger partial charge >= 0.3 is 0 Å². The van der Waals surface area contributed by atoms with Crippen LogP contribution in [0.15, 0.2) is 24.3 Å². The highest BCUT2D eigenvalue weighted by Crippen LogP contribution is 2.20. The van der Waals surface area contributed by atoms with E-state index < -0.39 is 0 Å². The van der Waals surface area contributed by atoms with E-state index >= 15 is 0 Å². The number of hydrogen-bond donors (Lipinski definition) is 0. The Bertz CT molecular complexity index is 437. The van der Waals surface area contributed by atoms with Gasteiger partial charge in [-0.15, -0.1) is 0 Å². The van der Waals surface area contributed by atoms with Gasteiger partial charge in [0.05, 0.1) is 5.60 Å². The molecule has 0 aromatic heterocycles. The molecule has 0 bridgehead atoms. The Labute approximate surface area is 133 Å². The Balaban J connectivity index is 1.69. The average molecular weight is 311 g/mol. The van der Waals surface area contributed by atoms with Gasteiger partial charge in [-0.25, -0.2) is 0 Å². The predicted octanol–water partition coefficient (Wildman–Crippen LogP) is 3.67. The maximum Gasteiger partial charge on any atom is 0.0598 e. The normalized spacial score (nSPS) is 17.2. The summed E-state index contributed by atoms with van der Waals surface area (Å²) in [5.41, 5.74) is 1.21. The van der Waals surface area contributed by atoms with E-state index in [1.54, 1.807) is 0 Å². The van der Waals surface area contributed by atoms with Crippen molar-refractivity contribution in [3.63, 3.8) is 0 Å². The molecule has 1 fully saturated rings. The molecule has 0 aliphatic carbocycles. The number of anilines is 1. The van der Waals surface area contributed by atoms with E-state index in [4.69, 9.17) is 16.3 Å². The van der Waals surface area contributed by atoms with E-state index in [9.17, 15) is 0 Å². The lowest BCUT2D eigenvalue weighted by Crippen LogP contribution is -2.46. The number of rotatable bonds is 5. The zero-order valence-corrected chi connectivity index (χ0v) is 14.2. The van der Waals surface area contributed by atoms with Crippen molar-refractivity contribution in [2.24, 2.45) is 0 Å². The molecule has 2 rings (SSSR count). The molecule has 0 amide bonds. The number of benzene rings is 1. The summed E-state index contributed by atoms with van der Waals surface area (Å²) < 4.78 is 5.77. The van der Waals surface area contributed by atoms with Crippen LogP contribution in [0.1, 0.15) is 27.2 Å². The van der Waals surface area contributed by atoms with E-state index in [2.05, 4.69) is 36.6 Å². The Kier molecular flexibility index (Phi) is 5.91. The zero-order chi connectivity index (χ0) is 15.3. The topological polar surface area (TPSA) is 15.7 Å². The Morgan fingerprint density at radius 1 is 1.14 bits per heavy atom. The molecular formula is C17H27ClN2O. The molecule has 118 valence electrons. The quantitative estimate of drug-likeness (QED) is 0.772. The van der Waals surface area contributed by atoms with E-state index in [0.29, 0.717) is 0 Å². The fourth-order valence-corrected chi connectivity index (χ4v) is 2.75. The van der Waals surface area contributed by atoms with E-state index in [-0.39, 0.29) is 5.60 Å². The number of ether oxygens (including phenoxy) is 1. The minimum Gasteiger partial charge on any atom is -0.376 e. The van der Waals surface area contributed by atoms with Crippen LogP contribution in [-0.4, -0.2) is 49.8 Å². The summed E-state index contributed by atoms with van der Waals surface area (Å²) in [6.07, 6.45) is 1.11. The van der Waals surface area contributed by atoms with Gasteiger partial charge in [0.15, 0.2) is 0 Å². The van der Waals surface area contributed by atoms with Gasteiger partial charge in [0, 0.05) is 50.0 Å². The van der Waals surface area contributed by atoms with Crippen LogP contribution in [0.25, 0.3) is 0 Å². The van der Waals surface area contributed by atoms with Gasteiger partial charge < -0.3 is 9.64 Å². The third-order valence-corrected chi connectivity index (χ3v) is 3.93. The van der Waals surface area contributed by atoms with Crippen molar-refractivity contribution in [3.05, 3.63) is 29.3 Å². The SMILES string of the molecule is CC(C)(C)OCCCN1CCN(c2cccc(Cl)c2)CC1. The predicted molar refractivity (Wildman–Crippen MR) is 90.4 cm³/mol. The molecule has 3 nitrogen and oxygen atoms in total. The third kappa shape index (κ3) is 5.85. The van der Waals surface area contributed by atoms with Gasteiger partial charge in [-0.3, -0.25) is 4.90 Å². The summed E-state index contributed by atoms with van der Waals surface area (Å²) in [6.45, 7) is 12.7. The Hall–Kier alpha value is -0.770. The minimum absolute atomic E-state index is 0.0225. The van der Waals surface area contributed by atoms with E-state index in [1.165, 1.54) is 5.69 Å². The average Bonchev–Trinajstić information content (AvgIpc) is 2.43. The highest BCUT2D eigenvalue weighted by molar-refractivity contribution is 6.30. The minimum atomic E-state index is -0.0225. The summed E-state index contributed by atoms with van der Waals surface area (Å²) >= 11 is 6.06. The Morgan fingerprint density at radius 2 is 1.86 bits per heavy atom. The molecule has 1 aromatic carbocycles. The van der Waals surface area contributed by atoms with Crippen molar-refractivity contribution in [2.45, 2.75) is 32.8 Å². The molecule has 0 radical (unpaired) electrons. The van der Waals surface area contributed by atoms with Gasteiger partial charge in [0.25, 0.3) is 0 Å². The summed E-state index contributed by atoms with van der Waals surface area (Å²) in [5, 5.41) is 0.814. The molecule has 1 aromatic rings. The van der Waals surface area contributed by atoms with Gasteiger partial charge in [0.1, 0.15) is 0 Å². The first-order chi connectivity index (χ1) is 9.94. The lowest BCUT2D eigenvalue weighted by atomic mass is 10.2. The summed E-state index contributed by atoms with van der Waals surface area (Å²) in [6, 6.07) is 8.14. The lowest BCUT2D eigenvalue weighted by Gasteiger charge is -2.36. The largest absolute Gasteiger partial charge is 0.376 e. The van der Waals surface area contributed by atoms with Gasteiger partial charge in [-0.1, -0.05) is 17.7 Å². The first-order valence-corrected chi connectivity index (χ1v) is 8.19. The summed E-state index contributed by atoms with van der Waals surface area (Å²) in [4.78, 5) is 4.93. The molecule has 1 heterocycles. The molecule has 21 heavy (non-hydrogen) atoms. The first kappa shape index (κ1) is 16.6. The molecule has 1 aliphatic heterocycles. The van der Waals surface area contributed by atoms with Crippen molar-refractivity contribution in [3.8, 4) is 0 Å². The fraction of sp³-hybridized carbons (Fsp3) is 0.647. The molecule has 0 N–H and O–H groups in total. The highest BCUT2D eigenvalue weighted by Gasteiger charge is 2.17. The first-order valence-electron chi connectivity index (χ1n) is 7.81.